The van der Waals surface area contributed by atoms with E-state index in [1.165, 1.54) is 11.1 Å². The number of hydrogen-bond acceptors (Lipinski definition) is 3. The lowest BCUT2D eigenvalue weighted by molar-refractivity contribution is -0.117. The molecule has 0 atom stereocenters. The Labute approximate surface area is 154 Å². The van der Waals surface area contributed by atoms with Gasteiger partial charge in [-0.1, -0.05) is 29.8 Å². The molecular weight excluding hydrogens is 352 g/mol. The lowest BCUT2D eigenvalue weighted by Gasteiger charge is -2.13. The predicted molar refractivity (Wildman–Crippen MR) is 99.2 cm³/mol. The van der Waals surface area contributed by atoms with Crippen LogP contribution in [0.1, 0.15) is 5.76 Å². The topological polar surface area (TPSA) is 62.6 Å². The highest BCUT2D eigenvalue weighted by Crippen LogP contribution is 2.26. The third-order valence-corrected chi connectivity index (χ3v) is 4.20. The molecule has 1 fully saturated rings. The van der Waals surface area contributed by atoms with Crippen LogP contribution in [0.25, 0.3) is 17.4 Å². The van der Waals surface area contributed by atoms with E-state index in [0.717, 1.165) is 5.56 Å². The fourth-order valence-corrected chi connectivity index (χ4v) is 2.78. The molecule has 1 aliphatic rings. The Morgan fingerprint density at radius 1 is 0.923 bits per heavy atom. The quantitative estimate of drug-likeness (QED) is 0.563. The maximum absolute atomic E-state index is 12.6. The normalized spacial score (nSPS) is 15.6. The van der Waals surface area contributed by atoms with E-state index in [9.17, 15) is 9.59 Å². The Bertz CT molecular complexity index is 1010. The summed E-state index contributed by atoms with van der Waals surface area (Å²) in [7, 11) is 0. The third kappa shape index (κ3) is 3.00. The summed E-state index contributed by atoms with van der Waals surface area (Å²) in [6.07, 6.45) is 1.44. The van der Waals surface area contributed by atoms with Crippen molar-refractivity contribution in [3.8, 4) is 11.3 Å². The van der Waals surface area contributed by atoms with Gasteiger partial charge in [-0.3, -0.25) is 15.0 Å². The van der Waals surface area contributed by atoms with Gasteiger partial charge in [0, 0.05) is 10.6 Å². The summed E-state index contributed by atoms with van der Waals surface area (Å²) in [5, 5.41) is 1.86. The van der Waals surface area contributed by atoms with Gasteiger partial charge in [0.2, 0.25) is 0 Å². The Morgan fingerprint density at radius 2 is 1.65 bits per heavy atom. The number of hydrogen-bond donors (Lipinski definition) is 1. The number of para-hydroxylation sites is 1. The number of amides is 2. The monoisotopic (exact) mass is 364 g/mol. The zero-order valence-electron chi connectivity index (χ0n) is 13.5. The summed E-state index contributed by atoms with van der Waals surface area (Å²) < 4.78 is 5.74. The van der Waals surface area contributed by atoms with Crippen LogP contribution in [0.4, 0.5) is 5.69 Å². The summed E-state index contributed by atoms with van der Waals surface area (Å²) in [5.41, 5.74) is 4.02. The highest BCUT2D eigenvalue weighted by Gasteiger charge is 2.34. The van der Waals surface area contributed by atoms with Gasteiger partial charge in [-0.25, -0.2) is 5.01 Å². The number of benzene rings is 2. The number of nitrogens with zero attached hydrogens (tertiary/aromatic N) is 1. The Morgan fingerprint density at radius 3 is 2.38 bits per heavy atom. The fourth-order valence-electron chi connectivity index (χ4n) is 2.66. The van der Waals surface area contributed by atoms with Gasteiger partial charge in [-0.05, 0) is 54.6 Å². The molecule has 1 saturated heterocycles. The van der Waals surface area contributed by atoms with E-state index in [1.54, 1.807) is 48.5 Å². The first-order valence-corrected chi connectivity index (χ1v) is 8.27. The maximum Gasteiger partial charge on any atom is 0.282 e. The van der Waals surface area contributed by atoms with Gasteiger partial charge in [-0.15, -0.1) is 0 Å². The summed E-state index contributed by atoms with van der Waals surface area (Å²) in [4.78, 5) is 24.7. The van der Waals surface area contributed by atoms with E-state index in [4.69, 9.17) is 16.0 Å². The molecule has 0 saturated carbocycles. The lowest BCUT2D eigenvalue weighted by Crippen LogP contribution is -2.35. The van der Waals surface area contributed by atoms with Gasteiger partial charge in [0.25, 0.3) is 11.8 Å². The van der Waals surface area contributed by atoms with Gasteiger partial charge in [0.05, 0.1) is 5.69 Å². The molecule has 1 aliphatic heterocycles. The molecule has 4 rings (SSSR count). The Balaban J connectivity index is 1.61. The van der Waals surface area contributed by atoms with Crippen molar-refractivity contribution in [1.82, 2.24) is 5.43 Å². The molecule has 1 aromatic heterocycles. The van der Waals surface area contributed by atoms with Gasteiger partial charge in [0.15, 0.2) is 0 Å². The van der Waals surface area contributed by atoms with Crippen LogP contribution in [0.15, 0.2) is 76.7 Å². The van der Waals surface area contributed by atoms with Crippen molar-refractivity contribution in [2.75, 3.05) is 5.01 Å². The fraction of sp³-hybridized carbons (Fsp3) is 0. The van der Waals surface area contributed by atoms with Crippen molar-refractivity contribution in [2.24, 2.45) is 0 Å². The zero-order chi connectivity index (χ0) is 18.1. The van der Waals surface area contributed by atoms with Crippen molar-refractivity contribution in [3.05, 3.63) is 83.1 Å². The van der Waals surface area contributed by atoms with Crippen molar-refractivity contribution < 1.29 is 14.0 Å². The number of nitrogens with one attached hydrogen (secondary N) is 1. The molecule has 128 valence electrons. The van der Waals surface area contributed by atoms with Crippen LogP contribution in [0.2, 0.25) is 5.02 Å². The van der Waals surface area contributed by atoms with E-state index < -0.39 is 11.8 Å². The highest BCUT2D eigenvalue weighted by molar-refractivity contribution is 6.31. The first-order valence-electron chi connectivity index (χ1n) is 7.90. The Hall–Kier alpha value is -3.31. The van der Waals surface area contributed by atoms with Crippen LogP contribution < -0.4 is 10.4 Å². The SMILES string of the molecule is O=C1NN(c2ccccc2)C(=O)C1=Cc1ccc(-c2ccc(Cl)cc2)o1. The summed E-state index contributed by atoms with van der Waals surface area (Å²) in [5.74, 6) is 0.150. The summed E-state index contributed by atoms with van der Waals surface area (Å²) in [6.45, 7) is 0. The summed E-state index contributed by atoms with van der Waals surface area (Å²) >= 11 is 5.89. The average Bonchev–Trinajstić information content (AvgIpc) is 3.23. The molecule has 0 bridgehead atoms. The number of furan rings is 1. The first-order chi connectivity index (χ1) is 12.6. The van der Waals surface area contributed by atoms with Crippen molar-refractivity contribution >= 4 is 35.2 Å². The second kappa shape index (κ2) is 6.54. The van der Waals surface area contributed by atoms with Crippen molar-refractivity contribution in [1.29, 1.82) is 0 Å². The average molecular weight is 365 g/mol. The van der Waals surface area contributed by atoms with E-state index in [0.29, 0.717) is 22.2 Å². The van der Waals surface area contributed by atoms with Crippen LogP contribution in [0.5, 0.6) is 0 Å². The lowest BCUT2D eigenvalue weighted by atomic mass is 10.2. The molecule has 6 heteroatoms. The maximum atomic E-state index is 12.6. The van der Waals surface area contributed by atoms with E-state index >= 15 is 0 Å². The number of carbonyl (C=O) groups excluding carboxylic acids is 2. The minimum absolute atomic E-state index is 0.0193. The second-order valence-corrected chi connectivity index (χ2v) is 6.12. The van der Waals surface area contributed by atoms with Crippen LogP contribution in [0, 0.1) is 0 Å². The van der Waals surface area contributed by atoms with Crippen LogP contribution in [-0.2, 0) is 9.59 Å². The third-order valence-electron chi connectivity index (χ3n) is 3.95. The number of halogens is 1. The van der Waals surface area contributed by atoms with Crippen LogP contribution in [-0.4, -0.2) is 11.8 Å². The molecule has 2 aromatic carbocycles. The van der Waals surface area contributed by atoms with Gasteiger partial charge >= 0.3 is 0 Å². The predicted octanol–water partition coefficient (Wildman–Crippen LogP) is 4.06. The second-order valence-electron chi connectivity index (χ2n) is 5.68. The molecule has 2 heterocycles. The van der Waals surface area contributed by atoms with Gasteiger partial charge in [0.1, 0.15) is 17.1 Å². The minimum Gasteiger partial charge on any atom is -0.457 e. The molecule has 0 spiro atoms. The standard InChI is InChI=1S/C20H13ClN2O3/c21-14-8-6-13(7-9-14)18-11-10-16(26-18)12-17-19(24)22-23(20(17)25)15-4-2-1-3-5-15/h1-12H,(H,22,24). The van der Waals surface area contributed by atoms with Crippen molar-refractivity contribution in [3.63, 3.8) is 0 Å². The first kappa shape index (κ1) is 16.2. The van der Waals surface area contributed by atoms with Crippen LogP contribution in [0.3, 0.4) is 0 Å². The smallest absolute Gasteiger partial charge is 0.282 e. The van der Waals surface area contributed by atoms with E-state index in [1.807, 2.05) is 18.2 Å². The summed E-state index contributed by atoms with van der Waals surface area (Å²) in [6, 6.07) is 19.6. The van der Waals surface area contributed by atoms with E-state index in [-0.39, 0.29) is 5.57 Å². The molecule has 0 radical (unpaired) electrons. The molecular formula is C20H13ClN2O3. The number of anilines is 1. The van der Waals surface area contributed by atoms with Crippen LogP contribution >= 0.6 is 11.6 Å². The minimum atomic E-state index is -0.469. The molecule has 2 amide bonds. The highest BCUT2D eigenvalue weighted by atomic mass is 35.5. The number of carbonyl (C=O) groups is 2. The van der Waals surface area contributed by atoms with Gasteiger partial charge in [-0.2, -0.15) is 0 Å². The molecule has 26 heavy (non-hydrogen) atoms. The Kier molecular flexibility index (Phi) is 4.07. The van der Waals surface area contributed by atoms with Gasteiger partial charge < -0.3 is 4.42 Å². The molecule has 0 unspecified atom stereocenters. The molecule has 3 aromatic rings. The number of rotatable bonds is 3. The van der Waals surface area contributed by atoms with E-state index in [2.05, 4.69) is 5.43 Å². The largest absolute Gasteiger partial charge is 0.457 e. The molecule has 0 aliphatic carbocycles. The number of hydrazine groups is 1. The molecule has 5 nitrogen and oxygen atoms in total. The molecule has 1 N–H and O–H groups in total. The zero-order valence-corrected chi connectivity index (χ0v) is 14.2. The van der Waals surface area contributed by atoms with Crippen molar-refractivity contribution in [2.45, 2.75) is 0 Å².